The van der Waals surface area contributed by atoms with Crippen LogP contribution in [0.4, 0.5) is 5.13 Å². The molecular formula is C17H18N4O2S. The van der Waals surface area contributed by atoms with E-state index in [9.17, 15) is 4.79 Å². The van der Waals surface area contributed by atoms with Crippen molar-refractivity contribution >= 4 is 33.3 Å². The highest BCUT2D eigenvalue weighted by Crippen LogP contribution is 2.42. The standard InChI is InChI=1S/C17H18N4O2S/c1-23-13-4-2-3-11-7-9-21(15(11)13)10-8-14(22)18-17-20-19-16(24-17)12-5-6-12/h2-4,7,9,12H,5-6,8,10H2,1H3,(H,18,20,22). The molecule has 124 valence electrons. The maximum atomic E-state index is 12.2. The molecule has 3 aromatic rings. The molecule has 1 saturated carbocycles. The minimum Gasteiger partial charge on any atom is -0.495 e. The number of nitrogens with zero attached hydrogens (tertiary/aromatic N) is 3. The van der Waals surface area contributed by atoms with Crippen molar-refractivity contribution in [2.75, 3.05) is 12.4 Å². The predicted molar refractivity (Wildman–Crippen MR) is 93.6 cm³/mol. The molecule has 2 aromatic heterocycles. The Morgan fingerprint density at radius 3 is 3.04 bits per heavy atom. The topological polar surface area (TPSA) is 69.0 Å². The third-order valence-corrected chi connectivity index (χ3v) is 5.17. The molecule has 6 nitrogen and oxygen atoms in total. The van der Waals surface area contributed by atoms with E-state index in [1.807, 2.05) is 35.0 Å². The van der Waals surface area contributed by atoms with Crippen LogP contribution >= 0.6 is 11.3 Å². The Balaban J connectivity index is 1.41. The Bertz CT molecular complexity index is 882. The average Bonchev–Trinajstić information content (AvgIpc) is 3.20. The number of anilines is 1. The van der Waals surface area contributed by atoms with Crippen LogP contribution in [0.3, 0.4) is 0 Å². The highest BCUT2D eigenvalue weighted by atomic mass is 32.1. The highest BCUT2D eigenvalue weighted by Gasteiger charge is 2.27. The molecule has 4 rings (SSSR count). The Hall–Kier alpha value is -2.41. The Labute approximate surface area is 143 Å². The molecule has 1 aliphatic rings. The fourth-order valence-electron chi connectivity index (χ4n) is 2.76. The zero-order valence-corrected chi connectivity index (χ0v) is 14.2. The summed E-state index contributed by atoms with van der Waals surface area (Å²) >= 11 is 1.48. The van der Waals surface area contributed by atoms with Crippen LogP contribution in [-0.4, -0.2) is 27.8 Å². The lowest BCUT2D eigenvalue weighted by atomic mass is 10.2. The maximum Gasteiger partial charge on any atom is 0.227 e. The van der Waals surface area contributed by atoms with Gasteiger partial charge < -0.3 is 14.6 Å². The summed E-state index contributed by atoms with van der Waals surface area (Å²) < 4.78 is 7.47. The van der Waals surface area contributed by atoms with Crippen LogP contribution in [0.15, 0.2) is 30.5 Å². The van der Waals surface area contributed by atoms with Gasteiger partial charge in [0.05, 0.1) is 12.6 Å². The van der Waals surface area contributed by atoms with E-state index < -0.39 is 0 Å². The van der Waals surface area contributed by atoms with Crippen molar-refractivity contribution in [2.24, 2.45) is 0 Å². The molecule has 7 heteroatoms. The van der Waals surface area contributed by atoms with Gasteiger partial charge in [0.25, 0.3) is 0 Å². The zero-order valence-electron chi connectivity index (χ0n) is 13.4. The van der Waals surface area contributed by atoms with Crippen LogP contribution in [0.1, 0.15) is 30.2 Å². The molecule has 1 aromatic carbocycles. The van der Waals surface area contributed by atoms with Gasteiger partial charge in [-0.15, -0.1) is 10.2 Å². The van der Waals surface area contributed by atoms with E-state index in [2.05, 4.69) is 15.5 Å². The minimum atomic E-state index is -0.0507. The molecule has 0 bridgehead atoms. The van der Waals surface area contributed by atoms with E-state index >= 15 is 0 Å². The number of hydrogen-bond acceptors (Lipinski definition) is 5. The molecule has 0 atom stereocenters. The highest BCUT2D eigenvalue weighted by molar-refractivity contribution is 7.15. The van der Waals surface area contributed by atoms with Gasteiger partial charge in [0, 0.05) is 30.5 Å². The number of benzene rings is 1. The zero-order chi connectivity index (χ0) is 16.5. The second kappa shape index (κ2) is 6.24. The first kappa shape index (κ1) is 15.1. The van der Waals surface area contributed by atoms with E-state index in [0.717, 1.165) is 21.7 Å². The molecule has 1 fully saturated rings. The number of fused-ring (bicyclic) bond motifs is 1. The summed E-state index contributed by atoms with van der Waals surface area (Å²) in [6.07, 6.45) is 4.73. The van der Waals surface area contributed by atoms with Gasteiger partial charge in [-0.05, 0) is 25.0 Å². The normalized spacial score (nSPS) is 14.0. The smallest absolute Gasteiger partial charge is 0.227 e. The van der Waals surface area contributed by atoms with Crippen LogP contribution in [-0.2, 0) is 11.3 Å². The van der Waals surface area contributed by atoms with Crippen LogP contribution in [0, 0.1) is 0 Å². The number of aryl methyl sites for hydroxylation is 1. The Kier molecular flexibility index (Phi) is 3.93. The van der Waals surface area contributed by atoms with Crippen molar-refractivity contribution in [3.05, 3.63) is 35.5 Å². The van der Waals surface area contributed by atoms with Crippen molar-refractivity contribution < 1.29 is 9.53 Å². The van der Waals surface area contributed by atoms with Gasteiger partial charge in [0.1, 0.15) is 10.8 Å². The molecule has 0 radical (unpaired) electrons. The number of hydrogen-bond donors (Lipinski definition) is 1. The van der Waals surface area contributed by atoms with Crippen molar-refractivity contribution in [1.29, 1.82) is 0 Å². The lowest BCUT2D eigenvalue weighted by Crippen LogP contribution is -2.14. The first-order valence-electron chi connectivity index (χ1n) is 7.99. The molecule has 2 heterocycles. The summed E-state index contributed by atoms with van der Waals surface area (Å²) in [5, 5.41) is 13.8. The van der Waals surface area contributed by atoms with Crippen molar-refractivity contribution in [2.45, 2.75) is 31.7 Å². The number of aromatic nitrogens is 3. The molecule has 1 aliphatic carbocycles. The van der Waals surface area contributed by atoms with E-state index in [4.69, 9.17) is 4.74 Å². The fourth-order valence-corrected chi connectivity index (χ4v) is 3.69. The van der Waals surface area contributed by atoms with Gasteiger partial charge in [0.2, 0.25) is 11.0 Å². The first-order valence-corrected chi connectivity index (χ1v) is 8.81. The van der Waals surface area contributed by atoms with Crippen molar-refractivity contribution in [1.82, 2.24) is 14.8 Å². The van der Waals surface area contributed by atoms with E-state index in [1.54, 1.807) is 7.11 Å². The first-order chi connectivity index (χ1) is 11.7. The second-order valence-corrected chi connectivity index (χ2v) is 6.93. The Morgan fingerprint density at radius 1 is 1.38 bits per heavy atom. The summed E-state index contributed by atoms with van der Waals surface area (Å²) in [5.41, 5.74) is 1.01. The summed E-state index contributed by atoms with van der Waals surface area (Å²) in [4.78, 5) is 12.2. The third-order valence-electron chi connectivity index (χ3n) is 4.16. The molecule has 0 spiro atoms. The molecule has 24 heavy (non-hydrogen) atoms. The molecule has 0 aliphatic heterocycles. The van der Waals surface area contributed by atoms with Gasteiger partial charge in [0.15, 0.2) is 0 Å². The van der Waals surface area contributed by atoms with Gasteiger partial charge in [-0.1, -0.05) is 23.5 Å². The third kappa shape index (κ3) is 2.99. The monoisotopic (exact) mass is 342 g/mol. The van der Waals surface area contributed by atoms with Crippen LogP contribution in [0.25, 0.3) is 10.9 Å². The number of nitrogens with one attached hydrogen (secondary N) is 1. The van der Waals surface area contributed by atoms with Gasteiger partial charge in [-0.25, -0.2) is 0 Å². The van der Waals surface area contributed by atoms with Crippen LogP contribution in [0.5, 0.6) is 5.75 Å². The molecule has 1 N–H and O–H groups in total. The number of ether oxygens (including phenoxy) is 1. The van der Waals surface area contributed by atoms with Gasteiger partial charge >= 0.3 is 0 Å². The number of para-hydroxylation sites is 1. The summed E-state index contributed by atoms with van der Waals surface area (Å²) in [6, 6.07) is 7.96. The maximum absolute atomic E-state index is 12.2. The lowest BCUT2D eigenvalue weighted by Gasteiger charge is -2.08. The molecule has 0 unspecified atom stereocenters. The summed E-state index contributed by atoms with van der Waals surface area (Å²) in [7, 11) is 1.66. The van der Waals surface area contributed by atoms with E-state index in [0.29, 0.717) is 24.0 Å². The quantitative estimate of drug-likeness (QED) is 0.745. The molecule has 0 saturated heterocycles. The Morgan fingerprint density at radius 2 is 2.25 bits per heavy atom. The van der Waals surface area contributed by atoms with E-state index in [-0.39, 0.29) is 5.91 Å². The number of carbonyl (C=O) groups is 1. The summed E-state index contributed by atoms with van der Waals surface area (Å²) in [6.45, 7) is 0.587. The van der Waals surface area contributed by atoms with Crippen LogP contribution < -0.4 is 10.1 Å². The SMILES string of the molecule is COc1cccc2ccn(CCC(=O)Nc3nnc(C4CC4)s3)c12. The second-order valence-electron chi connectivity index (χ2n) is 5.93. The average molecular weight is 342 g/mol. The number of carbonyl (C=O) groups excluding carboxylic acids is 1. The molecular weight excluding hydrogens is 324 g/mol. The van der Waals surface area contributed by atoms with Crippen molar-refractivity contribution in [3.63, 3.8) is 0 Å². The minimum absolute atomic E-state index is 0.0507. The van der Waals surface area contributed by atoms with Crippen molar-refractivity contribution in [3.8, 4) is 5.75 Å². The fraction of sp³-hybridized carbons (Fsp3) is 0.353. The number of methoxy groups -OCH3 is 1. The largest absolute Gasteiger partial charge is 0.495 e. The number of amides is 1. The molecule has 1 amide bonds. The lowest BCUT2D eigenvalue weighted by molar-refractivity contribution is -0.116. The predicted octanol–water partition coefficient (Wildman–Crippen LogP) is 3.41. The number of rotatable bonds is 6. The van der Waals surface area contributed by atoms with E-state index in [1.165, 1.54) is 24.2 Å². The van der Waals surface area contributed by atoms with Gasteiger partial charge in [-0.2, -0.15) is 0 Å². The van der Waals surface area contributed by atoms with Crippen LogP contribution in [0.2, 0.25) is 0 Å². The van der Waals surface area contributed by atoms with Gasteiger partial charge in [-0.3, -0.25) is 4.79 Å². The summed E-state index contributed by atoms with van der Waals surface area (Å²) in [5.74, 6) is 1.33.